The molecule has 0 aliphatic carbocycles. The van der Waals surface area contributed by atoms with E-state index in [0.29, 0.717) is 5.69 Å². The van der Waals surface area contributed by atoms with Gasteiger partial charge in [-0.3, -0.25) is 4.98 Å². The number of anilines is 2. The Morgan fingerprint density at radius 2 is 2.00 bits per heavy atom. The summed E-state index contributed by atoms with van der Waals surface area (Å²) >= 11 is 2.17. The van der Waals surface area contributed by atoms with Crippen LogP contribution in [-0.4, -0.2) is 15.2 Å². The minimum absolute atomic E-state index is 0.0861. The third-order valence-electron chi connectivity index (χ3n) is 3.30. The molecule has 0 saturated carbocycles. The van der Waals surface area contributed by atoms with Crippen molar-refractivity contribution in [1.29, 1.82) is 0 Å². The van der Waals surface area contributed by atoms with Gasteiger partial charge in [0.05, 0.1) is 5.69 Å². The van der Waals surface area contributed by atoms with Crippen molar-refractivity contribution in [2.24, 2.45) is 0 Å². The Morgan fingerprint density at radius 1 is 1.22 bits per heavy atom. The fraction of sp³-hybridized carbons (Fsp3) is 0.0667. The second-order valence-corrected chi connectivity index (χ2v) is 6.14. The van der Waals surface area contributed by atoms with Crippen LogP contribution < -0.4 is 11.0 Å². The number of aromatic nitrogens is 3. The minimum atomic E-state index is -1.04. The van der Waals surface area contributed by atoms with Crippen LogP contribution >= 0.6 is 22.6 Å². The first-order valence-electron chi connectivity index (χ1n) is 6.62. The molecule has 0 aliphatic heterocycles. The predicted octanol–water partition coefficient (Wildman–Crippen LogP) is 3.70. The van der Waals surface area contributed by atoms with Gasteiger partial charge in [-0.25, -0.2) is 18.7 Å². The number of hydrogen-bond acceptors (Lipinski definition) is 3. The number of nitrogens with one attached hydrogen (secondary N) is 3. The molecule has 0 radical (unpaired) electrons. The lowest BCUT2D eigenvalue weighted by molar-refractivity contribution is 0.512. The smallest absolute Gasteiger partial charge is 0.340 e. The van der Waals surface area contributed by atoms with Crippen LogP contribution in [0.3, 0.4) is 0 Å². The van der Waals surface area contributed by atoms with Gasteiger partial charge in [0.1, 0.15) is 0 Å². The lowest BCUT2D eigenvalue weighted by Crippen LogP contribution is -2.03. The van der Waals surface area contributed by atoms with E-state index in [2.05, 4.69) is 43.1 Å². The molecule has 118 valence electrons. The summed E-state index contributed by atoms with van der Waals surface area (Å²) in [7, 11) is 0. The molecule has 0 unspecified atom stereocenters. The molecular weight excluding hydrogens is 417 g/mol. The summed E-state index contributed by atoms with van der Waals surface area (Å²) in [6, 6.07) is 7.89. The summed E-state index contributed by atoms with van der Waals surface area (Å²) in [6.07, 6.45) is 0. The zero-order valence-corrected chi connectivity index (χ0v) is 14.0. The number of hydrogen-bond donors (Lipinski definition) is 3. The number of aryl methyl sites for hydroxylation is 1. The van der Waals surface area contributed by atoms with E-state index in [9.17, 15) is 13.6 Å². The molecule has 0 amide bonds. The molecule has 1 heterocycles. The van der Waals surface area contributed by atoms with Crippen molar-refractivity contribution >= 4 is 34.0 Å². The second kappa shape index (κ2) is 6.11. The van der Waals surface area contributed by atoms with E-state index in [1.165, 1.54) is 6.07 Å². The maximum Gasteiger partial charge on any atom is 0.340 e. The number of H-pyrrole nitrogens is 2. The summed E-state index contributed by atoms with van der Waals surface area (Å²) in [5, 5.41) is 8.87. The lowest BCUT2D eigenvalue weighted by atomic mass is 10.1. The first-order valence-corrected chi connectivity index (χ1v) is 7.70. The molecule has 3 rings (SSSR count). The van der Waals surface area contributed by atoms with Crippen LogP contribution in [0.5, 0.6) is 0 Å². The molecule has 8 heteroatoms. The van der Waals surface area contributed by atoms with E-state index in [4.69, 9.17) is 0 Å². The standard InChI is InChI=1S/C15H11F2IN4O/c1-7-6-8(18)2-5-11(7)19-13-9(3-4-10(16)12(13)17)14-20-15(23)22-21-14/h2-6,19H,1H3,(H2,20,21,22,23). The van der Waals surface area contributed by atoms with Gasteiger partial charge in [-0.05, 0) is 65.4 Å². The van der Waals surface area contributed by atoms with Crippen molar-refractivity contribution in [2.75, 3.05) is 5.32 Å². The van der Waals surface area contributed by atoms with Gasteiger partial charge in [-0.15, -0.1) is 0 Å². The largest absolute Gasteiger partial charge is 0.352 e. The molecule has 0 bridgehead atoms. The number of rotatable bonds is 3. The summed E-state index contributed by atoms with van der Waals surface area (Å²) in [5.41, 5.74) is 1.15. The fourth-order valence-electron chi connectivity index (χ4n) is 2.17. The number of aromatic amines is 2. The van der Waals surface area contributed by atoms with E-state index in [0.717, 1.165) is 15.2 Å². The van der Waals surface area contributed by atoms with Crippen molar-refractivity contribution in [2.45, 2.75) is 6.92 Å². The number of halogens is 3. The maximum atomic E-state index is 14.3. The molecule has 23 heavy (non-hydrogen) atoms. The summed E-state index contributed by atoms with van der Waals surface area (Å²) in [4.78, 5) is 13.7. The average Bonchev–Trinajstić information content (AvgIpc) is 2.93. The molecule has 1 aromatic heterocycles. The third kappa shape index (κ3) is 3.11. The first kappa shape index (κ1) is 15.7. The summed E-state index contributed by atoms with van der Waals surface area (Å²) in [6.45, 7) is 1.86. The molecule has 0 saturated heterocycles. The van der Waals surface area contributed by atoms with Crippen molar-refractivity contribution in [3.63, 3.8) is 0 Å². The van der Waals surface area contributed by atoms with E-state index in [1.807, 2.05) is 19.1 Å². The van der Waals surface area contributed by atoms with Gasteiger partial charge in [-0.1, -0.05) is 0 Å². The Balaban J connectivity index is 2.13. The molecule has 0 atom stereocenters. The van der Waals surface area contributed by atoms with Gasteiger partial charge >= 0.3 is 5.69 Å². The average molecular weight is 428 g/mol. The van der Waals surface area contributed by atoms with Crippen LogP contribution in [0.1, 0.15) is 5.56 Å². The van der Waals surface area contributed by atoms with Gasteiger partial charge in [0, 0.05) is 14.8 Å². The minimum Gasteiger partial charge on any atom is -0.352 e. The third-order valence-corrected chi connectivity index (χ3v) is 3.97. The quantitative estimate of drug-likeness (QED) is 0.558. The molecule has 3 N–H and O–H groups in total. The molecule has 0 fully saturated rings. The van der Waals surface area contributed by atoms with Crippen molar-refractivity contribution in [1.82, 2.24) is 15.2 Å². The molecule has 0 aliphatic rings. The molecule has 5 nitrogen and oxygen atoms in total. The predicted molar refractivity (Wildman–Crippen MR) is 91.7 cm³/mol. The monoisotopic (exact) mass is 428 g/mol. The van der Waals surface area contributed by atoms with E-state index >= 15 is 0 Å². The highest BCUT2D eigenvalue weighted by molar-refractivity contribution is 14.1. The van der Waals surface area contributed by atoms with Gasteiger partial charge in [0.15, 0.2) is 17.5 Å². The molecule has 0 spiro atoms. The highest BCUT2D eigenvalue weighted by Crippen LogP contribution is 2.33. The van der Waals surface area contributed by atoms with Crippen LogP contribution in [0.25, 0.3) is 11.4 Å². The zero-order valence-electron chi connectivity index (χ0n) is 11.9. The maximum absolute atomic E-state index is 14.3. The van der Waals surface area contributed by atoms with Crippen molar-refractivity contribution in [3.8, 4) is 11.4 Å². The molecule has 3 aromatic rings. The Morgan fingerprint density at radius 3 is 2.65 bits per heavy atom. The highest BCUT2D eigenvalue weighted by Gasteiger charge is 2.18. The van der Waals surface area contributed by atoms with E-state index in [-0.39, 0.29) is 17.1 Å². The Kier molecular flexibility index (Phi) is 4.16. The first-order chi connectivity index (χ1) is 11.0. The van der Waals surface area contributed by atoms with Gasteiger partial charge in [0.2, 0.25) is 0 Å². The SMILES string of the molecule is Cc1cc(I)ccc1Nc1c(-c2n[nH]c(=O)[nH]2)ccc(F)c1F. The van der Waals surface area contributed by atoms with Crippen LogP contribution in [0.4, 0.5) is 20.2 Å². The fourth-order valence-corrected chi connectivity index (χ4v) is 2.82. The van der Waals surface area contributed by atoms with E-state index in [1.54, 1.807) is 6.07 Å². The Bertz CT molecular complexity index is 935. The molecule has 2 aromatic carbocycles. The van der Waals surface area contributed by atoms with Crippen LogP contribution in [0.15, 0.2) is 35.1 Å². The Hall–Kier alpha value is -2.23. The number of nitrogens with zero attached hydrogens (tertiary/aromatic N) is 1. The van der Waals surface area contributed by atoms with Gasteiger partial charge in [-0.2, -0.15) is 5.10 Å². The van der Waals surface area contributed by atoms with Crippen molar-refractivity contribution < 1.29 is 8.78 Å². The topological polar surface area (TPSA) is 73.6 Å². The van der Waals surface area contributed by atoms with Crippen molar-refractivity contribution in [3.05, 3.63) is 61.6 Å². The van der Waals surface area contributed by atoms with Crippen LogP contribution in [-0.2, 0) is 0 Å². The zero-order chi connectivity index (χ0) is 16.6. The van der Waals surface area contributed by atoms with E-state index < -0.39 is 17.3 Å². The van der Waals surface area contributed by atoms with Crippen LogP contribution in [0.2, 0.25) is 0 Å². The Labute approximate surface area is 143 Å². The van der Waals surface area contributed by atoms with Crippen LogP contribution in [0, 0.1) is 22.1 Å². The normalized spacial score (nSPS) is 10.8. The van der Waals surface area contributed by atoms with Gasteiger partial charge < -0.3 is 5.32 Å². The number of benzene rings is 2. The highest BCUT2D eigenvalue weighted by atomic mass is 127. The second-order valence-electron chi connectivity index (χ2n) is 4.89. The van der Waals surface area contributed by atoms with Gasteiger partial charge in [0.25, 0.3) is 0 Å². The summed E-state index contributed by atoms with van der Waals surface area (Å²) < 4.78 is 28.9. The summed E-state index contributed by atoms with van der Waals surface area (Å²) in [5.74, 6) is -1.90. The lowest BCUT2D eigenvalue weighted by Gasteiger charge is -2.14. The molecular formula is C15H11F2IN4O.